The fraction of sp³-hybridized carbons (Fsp3) is 0.429. The molecule has 0 bridgehead atoms. The number of rotatable bonds is 6. The van der Waals surface area contributed by atoms with Gasteiger partial charge in [-0.1, -0.05) is 12.1 Å². The van der Waals surface area contributed by atoms with Gasteiger partial charge in [0.15, 0.2) is 16.6 Å². The lowest BCUT2D eigenvalue weighted by molar-refractivity contribution is 0.587. The van der Waals surface area contributed by atoms with Crippen LogP contribution in [-0.4, -0.2) is 28.6 Å². The summed E-state index contributed by atoms with van der Waals surface area (Å²) in [5.74, 6) is 3.86. The van der Waals surface area contributed by atoms with Gasteiger partial charge >= 0.3 is 0 Å². The van der Waals surface area contributed by atoms with Gasteiger partial charge in [0.05, 0.1) is 12.0 Å². The topological polar surface area (TPSA) is 18.5 Å². The lowest BCUT2D eigenvalue weighted by atomic mass is 10.4. The predicted octanol–water partition coefficient (Wildman–Crippen LogP) is 4.05. The summed E-state index contributed by atoms with van der Waals surface area (Å²) in [5.41, 5.74) is 0. The fourth-order valence-corrected chi connectivity index (χ4v) is 5.45. The van der Waals surface area contributed by atoms with Crippen molar-refractivity contribution in [1.82, 2.24) is 0 Å². The molecule has 0 aromatic heterocycles. The summed E-state index contributed by atoms with van der Waals surface area (Å²) in [6.07, 6.45) is 0. The Labute approximate surface area is 128 Å². The van der Waals surface area contributed by atoms with Crippen molar-refractivity contribution in [3.8, 4) is 0 Å². The highest BCUT2D eigenvalue weighted by atomic mass is 31.1. The molecule has 0 aliphatic carbocycles. The first-order valence-electron chi connectivity index (χ1n) is 6.67. The van der Waals surface area contributed by atoms with Gasteiger partial charge in [0.2, 0.25) is 0 Å². The van der Waals surface area contributed by atoms with Crippen molar-refractivity contribution in [1.29, 1.82) is 0 Å². The van der Waals surface area contributed by atoms with E-state index in [1.807, 2.05) is 12.0 Å². The van der Waals surface area contributed by atoms with E-state index >= 15 is 0 Å². The van der Waals surface area contributed by atoms with Crippen LogP contribution in [0.3, 0.4) is 0 Å². The van der Waals surface area contributed by atoms with E-state index in [4.69, 9.17) is 8.85 Å². The largest absolute Gasteiger partial charge is 0.388 e. The van der Waals surface area contributed by atoms with Gasteiger partial charge in [0, 0.05) is 10.6 Å². The highest BCUT2D eigenvalue weighted by Crippen LogP contribution is 2.07. The molecule has 1 rings (SSSR count). The zero-order valence-corrected chi connectivity index (χ0v) is 17.0. The van der Waals surface area contributed by atoms with Crippen molar-refractivity contribution in [2.24, 2.45) is 0 Å². The molecule has 20 heavy (non-hydrogen) atoms. The van der Waals surface area contributed by atoms with Crippen molar-refractivity contribution < 1.29 is 8.85 Å². The summed E-state index contributed by atoms with van der Waals surface area (Å²) in [6.45, 7) is 13.2. The smallest absolute Gasteiger partial charge is 0.191 e. The molecule has 1 aromatic rings. The quantitative estimate of drug-likeness (QED) is 0.573. The van der Waals surface area contributed by atoms with Crippen LogP contribution >= 0.6 is 16.4 Å². The van der Waals surface area contributed by atoms with Gasteiger partial charge < -0.3 is 8.85 Å². The van der Waals surface area contributed by atoms with Crippen LogP contribution in [0.25, 0.3) is 0 Å². The second kappa shape index (κ2) is 7.79. The first-order valence-corrected chi connectivity index (χ1v) is 15.4. The Hall–Kier alpha value is -0.0862. The third-order valence-corrected chi connectivity index (χ3v) is 6.06. The lowest BCUT2D eigenvalue weighted by Crippen LogP contribution is -2.25. The molecule has 0 fully saturated rings. The van der Waals surface area contributed by atoms with Crippen LogP contribution in [0.4, 0.5) is 0 Å². The molecule has 0 aliphatic rings. The summed E-state index contributed by atoms with van der Waals surface area (Å²) >= 11 is 0. The van der Waals surface area contributed by atoms with Crippen LogP contribution < -0.4 is 10.6 Å². The Morgan fingerprint density at radius 3 is 1.40 bits per heavy atom. The van der Waals surface area contributed by atoms with Gasteiger partial charge in [-0.2, -0.15) is 0 Å². The van der Waals surface area contributed by atoms with Crippen molar-refractivity contribution in [2.75, 3.05) is 0 Å². The van der Waals surface area contributed by atoms with E-state index in [-0.39, 0.29) is 0 Å². The van der Waals surface area contributed by atoms with Gasteiger partial charge in [-0.3, -0.25) is 0 Å². The van der Waals surface area contributed by atoms with E-state index in [1.165, 1.54) is 10.6 Å². The Morgan fingerprint density at radius 2 is 1.10 bits per heavy atom. The summed E-state index contributed by atoms with van der Waals surface area (Å²) in [4.78, 5) is 0. The van der Waals surface area contributed by atoms with Crippen LogP contribution in [0.1, 0.15) is 0 Å². The minimum Gasteiger partial charge on any atom is -0.388 e. The van der Waals surface area contributed by atoms with E-state index in [1.54, 1.807) is 0 Å². The summed E-state index contributed by atoms with van der Waals surface area (Å²) in [7, 11) is -0.702. The van der Waals surface area contributed by atoms with E-state index in [2.05, 4.69) is 63.5 Å². The molecule has 0 N–H and O–H groups in total. The molecular weight excluding hydrogens is 318 g/mol. The summed E-state index contributed by atoms with van der Waals surface area (Å²) in [5, 5.41) is 2.56. The highest BCUT2D eigenvalue weighted by Gasteiger charge is 2.13. The molecule has 0 saturated carbocycles. The molecule has 0 amide bonds. The van der Waals surface area contributed by atoms with Crippen LogP contribution in [-0.2, 0) is 8.85 Å². The third-order valence-electron chi connectivity index (χ3n) is 2.08. The van der Waals surface area contributed by atoms with Gasteiger partial charge in [-0.25, -0.2) is 0 Å². The zero-order chi connectivity index (χ0) is 15.2. The normalized spacial score (nSPS) is 13.5. The summed E-state index contributed by atoms with van der Waals surface area (Å²) < 4.78 is 11.6. The highest BCUT2D eigenvalue weighted by molar-refractivity contribution is 7.54. The number of benzene rings is 1. The van der Waals surface area contributed by atoms with Crippen molar-refractivity contribution in [3.63, 3.8) is 0 Å². The first kappa shape index (κ1) is 18.0. The molecule has 1 aromatic carbocycles. The van der Waals surface area contributed by atoms with Crippen LogP contribution in [0.15, 0.2) is 24.3 Å². The molecule has 0 radical (unpaired) electrons. The van der Waals surface area contributed by atoms with Gasteiger partial charge in [-0.05, 0) is 67.8 Å². The minimum absolute atomic E-state index is 1.12. The maximum absolute atomic E-state index is 5.81. The second-order valence-corrected chi connectivity index (χ2v) is 17.2. The zero-order valence-electron chi connectivity index (χ0n) is 13.2. The Kier molecular flexibility index (Phi) is 7.00. The van der Waals surface area contributed by atoms with E-state index in [0.717, 1.165) is 16.4 Å². The minimum atomic E-state index is -1.47. The molecule has 110 valence electrons. The molecular formula is C14H24O2P2Si2. The Balaban J connectivity index is 2.78. The standard InChI is InChI=1S/C14H24O2P2Si2/c1-19(2,3)15-11-17-13-9-7-8-10-14(13)18-12-16-20(4,5)6/h7-12H,1-6H3. The fourth-order valence-electron chi connectivity index (χ4n) is 1.16. The Morgan fingerprint density at radius 1 is 0.750 bits per heavy atom. The average Bonchev–Trinajstić information content (AvgIpc) is 2.28. The molecule has 0 unspecified atom stereocenters. The van der Waals surface area contributed by atoms with Crippen LogP contribution in [0, 0.1) is 0 Å². The molecule has 0 saturated heterocycles. The molecule has 2 nitrogen and oxygen atoms in total. The summed E-state index contributed by atoms with van der Waals surface area (Å²) in [6, 6.07) is 8.44. The molecule has 6 heteroatoms. The average molecular weight is 342 g/mol. The van der Waals surface area contributed by atoms with Gasteiger partial charge in [-0.15, -0.1) is 0 Å². The van der Waals surface area contributed by atoms with Crippen molar-refractivity contribution >= 4 is 55.6 Å². The molecule has 0 atom stereocenters. The molecule has 0 spiro atoms. The lowest BCUT2D eigenvalue weighted by Gasteiger charge is -2.13. The maximum atomic E-state index is 5.81. The van der Waals surface area contributed by atoms with Gasteiger partial charge in [0.1, 0.15) is 0 Å². The maximum Gasteiger partial charge on any atom is 0.191 e. The second-order valence-electron chi connectivity index (χ2n) is 6.42. The van der Waals surface area contributed by atoms with E-state index < -0.39 is 16.6 Å². The van der Waals surface area contributed by atoms with Crippen LogP contribution in [0.2, 0.25) is 39.3 Å². The number of hydrogen-bond donors (Lipinski definition) is 0. The SMILES string of the molecule is C[Si](C)(C)OC=Pc1ccccc1P=CO[Si](C)(C)C. The predicted molar refractivity (Wildman–Crippen MR) is 101 cm³/mol. The van der Waals surface area contributed by atoms with Gasteiger partial charge in [0.25, 0.3) is 0 Å². The number of hydrogen-bond acceptors (Lipinski definition) is 2. The monoisotopic (exact) mass is 342 g/mol. The van der Waals surface area contributed by atoms with E-state index in [9.17, 15) is 0 Å². The van der Waals surface area contributed by atoms with Crippen LogP contribution in [0.5, 0.6) is 0 Å². The molecule has 0 heterocycles. The Bertz CT molecular complexity index is 444. The van der Waals surface area contributed by atoms with Crippen molar-refractivity contribution in [3.05, 3.63) is 24.3 Å². The third kappa shape index (κ3) is 8.26. The molecule has 0 aliphatic heterocycles. The van der Waals surface area contributed by atoms with E-state index in [0.29, 0.717) is 0 Å². The van der Waals surface area contributed by atoms with Crippen molar-refractivity contribution in [2.45, 2.75) is 39.3 Å². The first-order chi connectivity index (χ1) is 9.17.